The van der Waals surface area contributed by atoms with Gasteiger partial charge in [0, 0.05) is 47.8 Å². The monoisotopic (exact) mass is 706 g/mol. The highest BCUT2D eigenvalue weighted by Gasteiger charge is 2.21. The van der Waals surface area contributed by atoms with Crippen molar-refractivity contribution in [2.45, 2.75) is 0 Å². The summed E-state index contributed by atoms with van der Waals surface area (Å²) in [7, 11) is 0. The maximum atomic E-state index is 5.15. The molecule has 0 aliphatic heterocycles. The molecule has 0 unspecified atom stereocenters. The molecule has 0 saturated heterocycles. The fourth-order valence-electron chi connectivity index (χ4n) is 8.77. The van der Waals surface area contributed by atoms with Crippen molar-refractivity contribution in [3.8, 4) is 33.6 Å². The van der Waals surface area contributed by atoms with Gasteiger partial charge in [-0.2, -0.15) is 0 Å². The first kappa shape index (κ1) is 29.6. The average molecular weight is 707 g/mol. The number of para-hydroxylation sites is 6. The van der Waals surface area contributed by atoms with Crippen LogP contribution in [0.4, 0.5) is 0 Å². The van der Waals surface area contributed by atoms with Gasteiger partial charge < -0.3 is 4.57 Å². The number of hydrogen-bond acceptors (Lipinski definition) is 2. The number of rotatable bonds is 4. The lowest BCUT2D eigenvalue weighted by atomic mass is 9.92. The van der Waals surface area contributed by atoms with Crippen LogP contribution in [-0.4, -0.2) is 18.5 Å². The third-order valence-corrected chi connectivity index (χ3v) is 12.3. The van der Waals surface area contributed by atoms with Crippen molar-refractivity contribution in [1.29, 1.82) is 0 Å². The van der Waals surface area contributed by atoms with E-state index in [1.807, 2.05) is 11.3 Å². The first-order chi connectivity index (χ1) is 26.8. The number of aromatic nitrogens is 4. The molecular weight excluding hydrogens is 677 g/mol. The summed E-state index contributed by atoms with van der Waals surface area (Å²) in [4.78, 5) is 5.15. The molecule has 0 spiro atoms. The first-order valence-corrected chi connectivity index (χ1v) is 19.1. The van der Waals surface area contributed by atoms with Gasteiger partial charge in [-0.1, -0.05) is 121 Å². The van der Waals surface area contributed by atoms with E-state index in [-0.39, 0.29) is 0 Å². The van der Waals surface area contributed by atoms with Crippen LogP contribution in [0.15, 0.2) is 182 Å². The molecule has 5 heteroatoms. The van der Waals surface area contributed by atoms with Crippen molar-refractivity contribution in [2.24, 2.45) is 0 Å². The smallest absolute Gasteiger partial charge is 0.220 e. The molecule has 4 aromatic heterocycles. The Kier molecular flexibility index (Phi) is 6.18. The van der Waals surface area contributed by atoms with E-state index in [2.05, 4.69) is 196 Å². The number of thiophene rings is 1. The first-order valence-electron chi connectivity index (χ1n) is 18.3. The number of imidazole rings is 2. The zero-order chi connectivity index (χ0) is 35.3. The SMILES string of the molecule is c1ccc(-c2cccc3c2sc2ccccc23)c(-c2ccccc2-n2c3ccccc3c3cc(-n4c5ccccc5n5c6ccccc6nc45)ccc32)c1. The predicted molar refractivity (Wildman–Crippen MR) is 228 cm³/mol. The second-order valence-corrected chi connectivity index (χ2v) is 15.0. The van der Waals surface area contributed by atoms with Crippen LogP contribution in [-0.2, 0) is 0 Å². The molecule has 54 heavy (non-hydrogen) atoms. The van der Waals surface area contributed by atoms with E-state index in [4.69, 9.17) is 4.98 Å². The molecule has 12 aromatic rings. The lowest BCUT2D eigenvalue weighted by molar-refractivity contribution is 1.11. The van der Waals surface area contributed by atoms with Gasteiger partial charge >= 0.3 is 0 Å². The molecule has 0 N–H and O–H groups in total. The largest absolute Gasteiger partial charge is 0.309 e. The highest BCUT2D eigenvalue weighted by Crippen LogP contribution is 2.45. The van der Waals surface area contributed by atoms with Crippen molar-refractivity contribution in [1.82, 2.24) is 18.5 Å². The van der Waals surface area contributed by atoms with E-state index in [9.17, 15) is 0 Å². The van der Waals surface area contributed by atoms with E-state index in [1.165, 1.54) is 58.7 Å². The zero-order valence-corrected chi connectivity index (χ0v) is 29.8. The Bertz CT molecular complexity index is 3460. The van der Waals surface area contributed by atoms with Crippen LogP contribution in [0.25, 0.3) is 103 Å². The number of fused-ring (bicyclic) bond motifs is 11. The Hall–Kier alpha value is -6.95. The third kappa shape index (κ3) is 4.10. The number of hydrogen-bond donors (Lipinski definition) is 0. The van der Waals surface area contributed by atoms with Gasteiger partial charge in [0.05, 0.1) is 38.8 Å². The molecule has 0 fully saturated rings. The Morgan fingerprint density at radius 2 is 1.00 bits per heavy atom. The van der Waals surface area contributed by atoms with Gasteiger partial charge in [-0.3, -0.25) is 8.97 Å². The summed E-state index contributed by atoms with van der Waals surface area (Å²) >= 11 is 1.88. The lowest BCUT2D eigenvalue weighted by Gasteiger charge is -2.17. The summed E-state index contributed by atoms with van der Waals surface area (Å²) in [6, 6.07) is 66.0. The maximum absolute atomic E-state index is 5.15. The Balaban J connectivity index is 1.09. The molecule has 252 valence electrons. The molecule has 0 radical (unpaired) electrons. The van der Waals surface area contributed by atoms with Crippen LogP contribution in [0.2, 0.25) is 0 Å². The highest BCUT2D eigenvalue weighted by atomic mass is 32.1. The Morgan fingerprint density at radius 1 is 0.389 bits per heavy atom. The molecule has 4 nitrogen and oxygen atoms in total. The summed E-state index contributed by atoms with van der Waals surface area (Å²) in [5, 5.41) is 5.05. The molecule has 0 bridgehead atoms. The third-order valence-electron chi connectivity index (χ3n) is 11.1. The summed E-state index contributed by atoms with van der Waals surface area (Å²) < 4.78 is 9.68. The van der Waals surface area contributed by atoms with Crippen LogP contribution in [0.5, 0.6) is 0 Å². The molecule has 0 saturated carbocycles. The van der Waals surface area contributed by atoms with Crippen molar-refractivity contribution in [3.63, 3.8) is 0 Å². The topological polar surface area (TPSA) is 27.2 Å². The Morgan fingerprint density at radius 3 is 1.87 bits per heavy atom. The van der Waals surface area contributed by atoms with Crippen LogP contribution < -0.4 is 0 Å². The van der Waals surface area contributed by atoms with Crippen molar-refractivity contribution in [2.75, 3.05) is 0 Å². The molecule has 0 aliphatic carbocycles. The van der Waals surface area contributed by atoms with Gasteiger partial charge in [-0.25, -0.2) is 4.98 Å². The fraction of sp³-hybridized carbons (Fsp3) is 0. The van der Waals surface area contributed by atoms with Gasteiger partial charge in [-0.15, -0.1) is 11.3 Å². The highest BCUT2D eigenvalue weighted by molar-refractivity contribution is 7.26. The average Bonchev–Trinajstić information content (AvgIpc) is 3.98. The minimum atomic E-state index is 0.913. The second kappa shape index (κ2) is 11.3. The van der Waals surface area contributed by atoms with Crippen molar-refractivity contribution < 1.29 is 0 Å². The van der Waals surface area contributed by atoms with Gasteiger partial charge in [0.25, 0.3) is 0 Å². The molecule has 8 aromatic carbocycles. The van der Waals surface area contributed by atoms with Crippen LogP contribution in [0, 0.1) is 0 Å². The van der Waals surface area contributed by atoms with Crippen molar-refractivity contribution in [3.05, 3.63) is 182 Å². The van der Waals surface area contributed by atoms with Crippen LogP contribution >= 0.6 is 11.3 Å². The van der Waals surface area contributed by atoms with Crippen molar-refractivity contribution >= 4 is 81.2 Å². The van der Waals surface area contributed by atoms with Crippen LogP contribution in [0.3, 0.4) is 0 Å². The molecule has 0 amide bonds. The molecule has 0 aliphatic rings. The number of nitrogens with zero attached hydrogens (tertiary/aromatic N) is 4. The fourth-order valence-corrected chi connectivity index (χ4v) is 10.0. The zero-order valence-electron chi connectivity index (χ0n) is 29.0. The lowest BCUT2D eigenvalue weighted by Crippen LogP contribution is -1.99. The van der Waals surface area contributed by atoms with E-state index in [1.54, 1.807) is 0 Å². The minimum absolute atomic E-state index is 0.913. The maximum Gasteiger partial charge on any atom is 0.220 e. The summed E-state index contributed by atoms with van der Waals surface area (Å²) in [5.41, 5.74) is 13.9. The minimum Gasteiger partial charge on any atom is -0.309 e. The van der Waals surface area contributed by atoms with E-state index < -0.39 is 0 Å². The van der Waals surface area contributed by atoms with E-state index in [0.717, 1.165) is 44.7 Å². The molecule has 4 heterocycles. The molecule has 0 atom stereocenters. The summed E-state index contributed by atoms with van der Waals surface area (Å²) in [6.45, 7) is 0. The molecular formula is C49H30N4S. The second-order valence-electron chi connectivity index (χ2n) is 14.0. The normalized spacial score (nSPS) is 12.1. The predicted octanol–water partition coefficient (Wildman–Crippen LogP) is 13.2. The van der Waals surface area contributed by atoms with Gasteiger partial charge in [-0.05, 0) is 71.8 Å². The molecule has 12 rings (SSSR count). The standard InChI is InChI=1S/C49H30N4S/c1-2-15-33(37-19-13-20-38-36-18-5-12-27-47(36)54-48(37)38)32(14-1)34-16-3-7-22-41(34)52-42-23-8-4-17-35(42)39-30-31(28-29-43(39)52)51-45-25-10-11-26-46(45)53-44-24-9-6-21-40(44)50-49(51)53/h1-30H. The number of benzene rings is 8. The Labute approximate surface area is 314 Å². The summed E-state index contributed by atoms with van der Waals surface area (Å²) in [6.07, 6.45) is 0. The van der Waals surface area contributed by atoms with E-state index >= 15 is 0 Å². The van der Waals surface area contributed by atoms with Crippen LogP contribution in [0.1, 0.15) is 0 Å². The van der Waals surface area contributed by atoms with Gasteiger partial charge in [0.15, 0.2) is 0 Å². The van der Waals surface area contributed by atoms with Gasteiger partial charge in [0.1, 0.15) is 0 Å². The quantitative estimate of drug-likeness (QED) is 0.179. The summed E-state index contributed by atoms with van der Waals surface area (Å²) in [5.74, 6) is 0.913. The van der Waals surface area contributed by atoms with E-state index in [0.29, 0.717) is 0 Å². The van der Waals surface area contributed by atoms with Gasteiger partial charge in [0.2, 0.25) is 5.78 Å².